The van der Waals surface area contributed by atoms with Crippen LogP contribution >= 0.6 is 0 Å². The van der Waals surface area contributed by atoms with Crippen LogP contribution in [0.1, 0.15) is 11.1 Å². The van der Waals surface area contributed by atoms with Gasteiger partial charge in [0.25, 0.3) is 0 Å². The lowest BCUT2D eigenvalue weighted by Crippen LogP contribution is -2.38. The van der Waals surface area contributed by atoms with E-state index < -0.39 is 0 Å². The summed E-state index contributed by atoms with van der Waals surface area (Å²) in [6, 6.07) is 13.7. The lowest BCUT2D eigenvalue weighted by atomic mass is 10.1. The third kappa shape index (κ3) is 4.39. The van der Waals surface area contributed by atoms with Gasteiger partial charge in [0.1, 0.15) is 5.75 Å². The van der Waals surface area contributed by atoms with Gasteiger partial charge < -0.3 is 14.4 Å². The van der Waals surface area contributed by atoms with Crippen molar-refractivity contribution in [3.63, 3.8) is 0 Å². The molecular formula is C23H26N4O2. The molecule has 0 spiro atoms. The van der Waals surface area contributed by atoms with Gasteiger partial charge in [-0.15, -0.1) is 6.58 Å². The molecule has 2 heterocycles. The smallest absolute Gasteiger partial charge is 0.230 e. The molecule has 3 aromatic rings. The van der Waals surface area contributed by atoms with E-state index in [-0.39, 0.29) is 5.75 Å². The first-order valence-corrected chi connectivity index (χ1v) is 9.97. The molecule has 0 unspecified atom stereocenters. The topological polar surface area (TPSA) is 62.9 Å². The molecule has 0 radical (unpaired) electrons. The van der Waals surface area contributed by atoms with E-state index in [0.29, 0.717) is 17.9 Å². The molecular weight excluding hydrogens is 364 g/mol. The molecule has 0 bridgehead atoms. The number of fused-ring (bicyclic) bond motifs is 1. The maximum atomic E-state index is 10.5. The van der Waals surface area contributed by atoms with Crippen molar-refractivity contribution in [3.8, 4) is 5.75 Å². The van der Waals surface area contributed by atoms with Crippen LogP contribution in [0.5, 0.6) is 5.75 Å². The largest absolute Gasteiger partial charge is 0.507 e. The van der Waals surface area contributed by atoms with Gasteiger partial charge in [-0.05, 0) is 30.2 Å². The normalized spacial score (nSPS) is 15.3. The fourth-order valence-corrected chi connectivity index (χ4v) is 3.61. The van der Waals surface area contributed by atoms with Crippen molar-refractivity contribution < 1.29 is 9.84 Å². The highest BCUT2D eigenvalue weighted by Gasteiger charge is 2.14. The second-order valence-corrected chi connectivity index (χ2v) is 7.11. The highest BCUT2D eigenvalue weighted by Crippen LogP contribution is 2.25. The van der Waals surface area contributed by atoms with Gasteiger partial charge in [0.2, 0.25) is 5.95 Å². The maximum absolute atomic E-state index is 10.5. The highest BCUT2D eigenvalue weighted by atomic mass is 16.5. The van der Waals surface area contributed by atoms with Crippen LogP contribution in [0, 0.1) is 0 Å². The first-order valence-electron chi connectivity index (χ1n) is 9.97. The van der Waals surface area contributed by atoms with Gasteiger partial charge in [-0.2, -0.15) is 0 Å². The van der Waals surface area contributed by atoms with Crippen molar-refractivity contribution in [1.82, 2.24) is 14.5 Å². The van der Waals surface area contributed by atoms with Gasteiger partial charge in [0, 0.05) is 38.0 Å². The lowest BCUT2D eigenvalue weighted by Gasteiger charge is -2.26. The molecule has 1 aromatic heterocycles. The minimum atomic E-state index is 0.243. The summed E-state index contributed by atoms with van der Waals surface area (Å²) in [6.07, 6.45) is 4.08. The number of morpholine rings is 1. The Bertz CT molecular complexity index is 1020. The van der Waals surface area contributed by atoms with Crippen molar-refractivity contribution in [2.45, 2.75) is 13.0 Å². The molecule has 29 heavy (non-hydrogen) atoms. The van der Waals surface area contributed by atoms with Crippen molar-refractivity contribution >= 4 is 23.2 Å². The summed E-state index contributed by atoms with van der Waals surface area (Å²) in [6.45, 7) is 8.95. The summed E-state index contributed by atoms with van der Waals surface area (Å²) in [5.41, 5.74) is 3.50. The number of aromatic hydroxyl groups is 1. The van der Waals surface area contributed by atoms with E-state index in [1.54, 1.807) is 12.3 Å². The predicted molar refractivity (Wildman–Crippen MR) is 116 cm³/mol. The molecule has 150 valence electrons. The Labute approximate surface area is 170 Å². The van der Waals surface area contributed by atoms with Crippen molar-refractivity contribution in [2.24, 2.45) is 4.99 Å². The van der Waals surface area contributed by atoms with E-state index >= 15 is 0 Å². The molecule has 2 aromatic carbocycles. The maximum Gasteiger partial charge on any atom is 0.230 e. The van der Waals surface area contributed by atoms with Crippen LogP contribution in [0.15, 0.2) is 60.1 Å². The van der Waals surface area contributed by atoms with Crippen molar-refractivity contribution in [3.05, 3.63) is 66.2 Å². The summed E-state index contributed by atoms with van der Waals surface area (Å²) in [7, 11) is 0. The number of phenols is 1. The number of hydrogen-bond donors (Lipinski definition) is 1. The Morgan fingerprint density at radius 2 is 1.93 bits per heavy atom. The molecule has 1 saturated heterocycles. The second kappa shape index (κ2) is 9.03. The Kier molecular flexibility index (Phi) is 6.03. The van der Waals surface area contributed by atoms with Crippen LogP contribution in [0.3, 0.4) is 0 Å². The van der Waals surface area contributed by atoms with E-state index in [2.05, 4.69) is 27.1 Å². The van der Waals surface area contributed by atoms with E-state index in [1.807, 2.05) is 36.4 Å². The van der Waals surface area contributed by atoms with Gasteiger partial charge in [0.05, 0.1) is 24.2 Å². The number of imidazole rings is 1. The van der Waals surface area contributed by atoms with Gasteiger partial charge in [-0.3, -0.25) is 4.90 Å². The average molecular weight is 390 g/mol. The number of benzene rings is 2. The predicted octanol–water partition coefficient (Wildman–Crippen LogP) is 3.55. The molecule has 0 amide bonds. The summed E-state index contributed by atoms with van der Waals surface area (Å²) >= 11 is 0. The van der Waals surface area contributed by atoms with Crippen LogP contribution in [0.2, 0.25) is 0 Å². The first kappa shape index (κ1) is 19.4. The number of rotatable bonds is 7. The van der Waals surface area contributed by atoms with Crippen LogP contribution in [0.25, 0.3) is 11.0 Å². The molecule has 0 aliphatic carbocycles. The van der Waals surface area contributed by atoms with E-state index in [0.717, 1.165) is 56.0 Å². The van der Waals surface area contributed by atoms with Crippen LogP contribution < -0.4 is 0 Å². The number of aromatic nitrogens is 2. The van der Waals surface area contributed by atoms with Crippen molar-refractivity contribution in [1.29, 1.82) is 0 Å². The third-order valence-corrected chi connectivity index (χ3v) is 5.21. The van der Waals surface area contributed by atoms with Crippen molar-refractivity contribution in [2.75, 3.05) is 32.8 Å². The summed E-state index contributed by atoms with van der Waals surface area (Å²) in [5.74, 6) is 0.889. The molecule has 1 fully saturated rings. The summed E-state index contributed by atoms with van der Waals surface area (Å²) < 4.78 is 7.59. The lowest BCUT2D eigenvalue weighted by molar-refractivity contribution is 0.0366. The molecule has 1 aliphatic heterocycles. The number of phenolic OH excluding ortho intramolecular Hbond substituents is 1. The standard InChI is InChI=1S/C23H26N4O2/c1-2-6-18-7-5-8-19(22(18)28)17-24-23-25-20-9-3-4-10-21(20)27(23)12-11-26-13-15-29-16-14-26/h2-5,7-10,17,28H,1,6,11-16H2. The van der Waals surface area contributed by atoms with Gasteiger partial charge >= 0.3 is 0 Å². The van der Waals surface area contributed by atoms with E-state index in [9.17, 15) is 5.11 Å². The van der Waals surface area contributed by atoms with Crippen LogP contribution in [0.4, 0.5) is 5.95 Å². The Morgan fingerprint density at radius 1 is 1.10 bits per heavy atom. The zero-order chi connectivity index (χ0) is 20.1. The number of nitrogens with zero attached hydrogens (tertiary/aromatic N) is 4. The minimum Gasteiger partial charge on any atom is -0.507 e. The molecule has 6 heteroatoms. The number of para-hydroxylation sites is 3. The molecule has 0 atom stereocenters. The summed E-state index contributed by atoms with van der Waals surface area (Å²) in [4.78, 5) is 11.7. The zero-order valence-electron chi connectivity index (χ0n) is 16.5. The number of allylic oxidation sites excluding steroid dienone is 1. The quantitative estimate of drug-likeness (QED) is 0.495. The number of ether oxygens (including phenoxy) is 1. The van der Waals surface area contributed by atoms with E-state index in [1.165, 1.54) is 0 Å². The monoisotopic (exact) mass is 390 g/mol. The second-order valence-electron chi connectivity index (χ2n) is 7.11. The number of hydrogen-bond acceptors (Lipinski definition) is 5. The average Bonchev–Trinajstić information content (AvgIpc) is 3.11. The molecule has 1 N–H and O–H groups in total. The third-order valence-electron chi connectivity index (χ3n) is 5.21. The van der Waals surface area contributed by atoms with Gasteiger partial charge in [-0.1, -0.05) is 30.3 Å². The Balaban J connectivity index is 1.62. The minimum absolute atomic E-state index is 0.243. The van der Waals surface area contributed by atoms with Crippen LogP contribution in [-0.4, -0.2) is 58.6 Å². The Morgan fingerprint density at radius 3 is 2.76 bits per heavy atom. The van der Waals surface area contributed by atoms with Gasteiger partial charge in [0.15, 0.2) is 0 Å². The fourth-order valence-electron chi connectivity index (χ4n) is 3.61. The van der Waals surface area contributed by atoms with E-state index in [4.69, 9.17) is 9.72 Å². The highest BCUT2D eigenvalue weighted by molar-refractivity contribution is 5.86. The molecule has 4 rings (SSSR count). The SMILES string of the molecule is C=CCc1cccc(C=Nc2nc3ccccc3n2CCN2CCOCC2)c1O. The fraction of sp³-hybridized carbons (Fsp3) is 0.304. The molecule has 0 saturated carbocycles. The molecule has 6 nitrogen and oxygen atoms in total. The zero-order valence-corrected chi connectivity index (χ0v) is 16.5. The summed E-state index contributed by atoms with van der Waals surface area (Å²) in [5, 5.41) is 10.5. The first-order chi connectivity index (χ1) is 14.3. The Hall–Kier alpha value is -2.96. The number of aliphatic imine (C=N–C) groups is 1. The molecule has 1 aliphatic rings. The van der Waals surface area contributed by atoms with Gasteiger partial charge in [-0.25, -0.2) is 9.98 Å². The van der Waals surface area contributed by atoms with Crippen LogP contribution in [-0.2, 0) is 17.7 Å².